The molecule has 3 aromatic carbocycles. The van der Waals surface area contributed by atoms with Crippen molar-refractivity contribution in [2.75, 3.05) is 11.9 Å². The number of carbonyl (C=O) groups is 1. The van der Waals surface area contributed by atoms with E-state index in [1.807, 2.05) is 52.0 Å². The number of hydrogen-bond acceptors (Lipinski definition) is 4. The van der Waals surface area contributed by atoms with Gasteiger partial charge >= 0.3 is 0 Å². The highest BCUT2D eigenvalue weighted by Crippen LogP contribution is 2.25. The minimum Gasteiger partial charge on any atom is -0.484 e. The molecule has 5 heteroatoms. The largest absolute Gasteiger partial charge is 0.484 e. The average Bonchev–Trinajstić information content (AvgIpc) is 2.69. The molecule has 0 aliphatic carbocycles. The topological polar surface area (TPSA) is 68.5 Å². The standard InChI is InChI=1S/C25H23NO4/c1-14-9-15(2)11-19(10-14)29-13-23(27)26-18-6-8-20-22(12-18)30-25-17(4)16(3)5-7-21(25)24(20)28/h5-12H,13H2,1-4H3,(H,26,27). The highest BCUT2D eigenvalue weighted by molar-refractivity contribution is 5.96. The van der Waals surface area contributed by atoms with Crippen LogP contribution in [0.25, 0.3) is 21.9 Å². The molecule has 0 radical (unpaired) electrons. The molecule has 0 aliphatic rings. The van der Waals surface area contributed by atoms with Gasteiger partial charge < -0.3 is 14.5 Å². The van der Waals surface area contributed by atoms with E-state index in [0.29, 0.717) is 33.4 Å². The molecule has 0 bridgehead atoms. The van der Waals surface area contributed by atoms with Crippen molar-refractivity contribution in [3.63, 3.8) is 0 Å². The monoisotopic (exact) mass is 401 g/mol. The summed E-state index contributed by atoms with van der Waals surface area (Å²) >= 11 is 0. The number of ether oxygens (including phenoxy) is 1. The SMILES string of the molecule is Cc1cc(C)cc(OCC(=O)Nc2ccc3c(=O)c4ccc(C)c(C)c4oc3c2)c1. The molecular formula is C25H23NO4. The molecule has 0 saturated heterocycles. The number of anilines is 1. The first kappa shape index (κ1) is 19.7. The van der Waals surface area contributed by atoms with Crippen molar-refractivity contribution < 1.29 is 13.9 Å². The quantitative estimate of drug-likeness (QED) is 0.478. The van der Waals surface area contributed by atoms with E-state index in [4.69, 9.17) is 9.15 Å². The lowest BCUT2D eigenvalue weighted by Crippen LogP contribution is -2.20. The number of amides is 1. The smallest absolute Gasteiger partial charge is 0.262 e. The number of benzene rings is 3. The predicted molar refractivity (Wildman–Crippen MR) is 120 cm³/mol. The molecule has 0 aliphatic heterocycles. The Labute approximate surface area is 174 Å². The molecule has 1 heterocycles. The van der Waals surface area contributed by atoms with E-state index in [1.54, 1.807) is 24.3 Å². The highest BCUT2D eigenvalue weighted by Gasteiger charge is 2.12. The second kappa shape index (κ2) is 7.67. The van der Waals surface area contributed by atoms with Crippen molar-refractivity contribution in [3.8, 4) is 5.75 Å². The summed E-state index contributed by atoms with van der Waals surface area (Å²) in [5.41, 5.74) is 5.62. The van der Waals surface area contributed by atoms with E-state index in [1.165, 1.54) is 0 Å². The molecule has 1 amide bonds. The molecule has 30 heavy (non-hydrogen) atoms. The zero-order valence-electron chi connectivity index (χ0n) is 17.5. The van der Waals surface area contributed by atoms with Gasteiger partial charge in [-0.15, -0.1) is 0 Å². The number of nitrogens with one attached hydrogen (secondary N) is 1. The summed E-state index contributed by atoms with van der Waals surface area (Å²) in [5, 5.41) is 3.84. The summed E-state index contributed by atoms with van der Waals surface area (Å²) in [7, 11) is 0. The third-order valence-corrected chi connectivity index (χ3v) is 5.21. The zero-order valence-corrected chi connectivity index (χ0v) is 17.5. The van der Waals surface area contributed by atoms with Crippen molar-refractivity contribution in [2.45, 2.75) is 27.7 Å². The lowest BCUT2D eigenvalue weighted by molar-refractivity contribution is -0.118. The number of carbonyl (C=O) groups excluding carboxylic acids is 1. The number of aryl methyl sites for hydroxylation is 4. The normalized spacial score (nSPS) is 11.1. The number of rotatable bonds is 4. The van der Waals surface area contributed by atoms with E-state index in [-0.39, 0.29) is 17.9 Å². The van der Waals surface area contributed by atoms with E-state index in [2.05, 4.69) is 5.32 Å². The Morgan fingerprint density at radius 3 is 2.37 bits per heavy atom. The lowest BCUT2D eigenvalue weighted by Gasteiger charge is -2.10. The minimum absolute atomic E-state index is 0.0784. The Morgan fingerprint density at radius 2 is 1.63 bits per heavy atom. The van der Waals surface area contributed by atoms with E-state index in [0.717, 1.165) is 22.3 Å². The molecule has 0 fully saturated rings. The van der Waals surface area contributed by atoms with Gasteiger partial charge in [-0.1, -0.05) is 12.1 Å². The van der Waals surface area contributed by atoms with Crippen LogP contribution in [0.1, 0.15) is 22.3 Å². The first-order chi connectivity index (χ1) is 14.3. The Morgan fingerprint density at radius 1 is 0.933 bits per heavy atom. The summed E-state index contributed by atoms with van der Waals surface area (Å²) < 4.78 is 11.6. The summed E-state index contributed by atoms with van der Waals surface area (Å²) in [6.07, 6.45) is 0. The van der Waals surface area contributed by atoms with Gasteiger partial charge in [0.2, 0.25) is 5.43 Å². The Kier molecular flexibility index (Phi) is 5.04. The fourth-order valence-electron chi connectivity index (χ4n) is 3.59. The molecule has 1 N–H and O–H groups in total. The van der Waals surface area contributed by atoms with Crippen LogP contribution in [0.3, 0.4) is 0 Å². The van der Waals surface area contributed by atoms with Crippen LogP contribution >= 0.6 is 0 Å². The van der Waals surface area contributed by atoms with Crippen molar-refractivity contribution in [1.29, 1.82) is 0 Å². The summed E-state index contributed by atoms with van der Waals surface area (Å²) in [6.45, 7) is 7.76. The Bertz CT molecular complexity index is 1330. The molecule has 0 atom stereocenters. The highest BCUT2D eigenvalue weighted by atomic mass is 16.5. The van der Waals surface area contributed by atoms with Crippen molar-refractivity contribution in [2.24, 2.45) is 0 Å². The molecule has 0 unspecified atom stereocenters. The fraction of sp³-hybridized carbons (Fsp3) is 0.200. The zero-order chi connectivity index (χ0) is 21.4. The van der Waals surface area contributed by atoms with Crippen molar-refractivity contribution >= 4 is 33.5 Å². The van der Waals surface area contributed by atoms with Gasteiger partial charge in [0.25, 0.3) is 5.91 Å². The maximum absolute atomic E-state index is 12.8. The molecule has 152 valence electrons. The molecule has 4 aromatic rings. The van der Waals surface area contributed by atoms with Crippen molar-refractivity contribution in [3.05, 3.63) is 81.0 Å². The van der Waals surface area contributed by atoms with Crippen molar-refractivity contribution in [1.82, 2.24) is 0 Å². The van der Waals surface area contributed by atoms with E-state index in [9.17, 15) is 9.59 Å². The third-order valence-electron chi connectivity index (χ3n) is 5.21. The first-order valence-electron chi connectivity index (χ1n) is 9.79. The summed E-state index contributed by atoms with van der Waals surface area (Å²) in [5.74, 6) is 0.369. The van der Waals surface area contributed by atoms with Crippen LogP contribution < -0.4 is 15.5 Å². The molecular weight excluding hydrogens is 378 g/mol. The van der Waals surface area contributed by atoms with Gasteiger partial charge in [-0.25, -0.2) is 0 Å². The van der Waals surface area contributed by atoms with Crippen LogP contribution in [0.4, 0.5) is 5.69 Å². The maximum atomic E-state index is 12.8. The summed E-state index contributed by atoms with van der Waals surface area (Å²) in [4.78, 5) is 25.2. The first-order valence-corrected chi connectivity index (χ1v) is 9.79. The van der Waals surface area contributed by atoms with Crippen LogP contribution in [-0.2, 0) is 4.79 Å². The van der Waals surface area contributed by atoms with Gasteiger partial charge in [0.15, 0.2) is 6.61 Å². The van der Waals surface area contributed by atoms with Gasteiger partial charge in [-0.2, -0.15) is 0 Å². The Hall–Kier alpha value is -3.60. The second-order valence-electron chi connectivity index (χ2n) is 7.69. The second-order valence-corrected chi connectivity index (χ2v) is 7.69. The molecule has 1 aromatic heterocycles. The summed E-state index contributed by atoms with van der Waals surface area (Å²) in [6, 6.07) is 14.6. The van der Waals surface area contributed by atoms with Gasteiger partial charge in [-0.05, 0) is 80.3 Å². The van der Waals surface area contributed by atoms with Crippen LogP contribution in [0.5, 0.6) is 5.75 Å². The molecule has 5 nitrogen and oxygen atoms in total. The molecule has 4 rings (SSSR count). The van der Waals surface area contributed by atoms with Crippen LogP contribution in [0.15, 0.2) is 57.7 Å². The number of fused-ring (bicyclic) bond motifs is 2. The maximum Gasteiger partial charge on any atom is 0.262 e. The molecule has 0 saturated carbocycles. The van der Waals surface area contributed by atoms with E-state index < -0.39 is 0 Å². The van der Waals surface area contributed by atoms with Gasteiger partial charge in [0, 0.05) is 11.8 Å². The van der Waals surface area contributed by atoms with E-state index >= 15 is 0 Å². The third kappa shape index (κ3) is 3.79. The van der Waals surface area contributed by atoms with Crippen LogP contribution in [0.2, 0.25) is 0 Å². The lowest BCUT2D eigenvalue weighted by atomic mass is 10.0. The molecule has 0 spiro atoms. The van der Waals surface area contributed by atoms with Gasteiger partial charge in [0.1, 0.15) is 16.9 Å². The van der Waals surface area contributed by atoms with Crippen LogP contribution in [-0.4, -0.2) is 12.5 Å². The fourth-order valence-corrected chi connectivity index (χ4v) is 3.59. The Balaban J connectivity index is 1.58. The van der Waals surface area contributed by atoms with Gasteiger partial charge in [-0.3, -0.25) is 9.59 Å². The average molecular weight is 401 g/mol. The number of hydrogen-bond donors (Lipinski definition) is 1. The minimum atomic E-state index is -0.288. The predicted octanol–water partition coefficient (Wildman–Crippen LogP) is 5.20. The van der Waals surface area contributed by atoms with Gasteiger partial charge in [0.05, 0.1) is 10.8 Å². The van der Waals surface area contributed by atoms with Crippen LogP contribution in [0, 0.1) is 27.7 Å².